The minimum Gasteiger partial charge on any atom is -0.203 e. The van der Waals surface area contributed by atoms with Crippen LogP contribution in [0.5, 0.6) is 0 Å². The molecule has 192 valence electrons. The van der Waals surface area contributed by atoms with Crippen LogP contribution in [0, 0.1) is 17.6 Å². The topological polar surface area (TPSA) is 0 Å². The first kappa shape index (κ1) is 26.6. The van der Waals surface area contributed by atoms with Gasteiger partial charge in [-0.25, -0.2) is 8.78 Å². The van der Waals surface area contributed by atoms with Crippen LogP contribution in [0.15, 0.2) is 60.7 Å². The Kier molecular flexibility index (Phi) is 9.73. The fraction of sp³-hybridized carbons (Fsp3) is 0.471. The number of fused-ring (bicyclic) bond motifs is 1. The van der Waals surface area contributed by atoms with E-state index in [1.165, 1.54) is 49.7 Å². The van der Waals surface area contributed by atoms with E-state index in [1.807, 2.05) is 18.2 Å². The Labute approximate surface area is 216 Å². The molecule has 3 aromatic carbocycles. The molecule has 1 aliphatic carbocycles. The maximum Gasteiger partial charge on any atom is 0.166 e. The fourth-order valence-corrected chi connectivity index (χ4v) is 5.68. The molecule has 1 fully saturated rings. The molecular weight excluding hydrogens is 446 g/mol. The lowest BCUT2D eigenvalue weighted by molar-refractivity contribution is 0.375. The average Bonchev–Trinajstić information content (AvgIpc) is 2.91. The molecule has 1 saturated carbocycles. The summed E-state index contributed by atoms with van der Waals surface area (Å²) in [6.07, 6.45) is 17.8. The van der Waals surface area contributed by atoms with Crippen LogP contribution in [0.25, 0.3) is 10.8 Å². The van der Waals surface area contributed by atoms with Gasteiger partial charge in [0.25, 0.3) is 0 Å². The minimum atomic E-state index is -0.699. The highest BCUT2D eigenvalue weighted by Crippen LogP contribution is 2.36. The molecule has 0 N–H and O–H groups in total. The normalized spacial score (nSPS) is 18.3. The van der Waals surface area contributed by atoms with E-state index in [2.05, 4.69) is 56.3 Å². The molecule has 0 saturated heterocycles. The van der Waals surface area contributed by atoms with Crippen LogP contribution in [-0.2, 0) is 19.3 Å². The fourth-order valence-electron chi connectivity index (χ4n) is 5.68. The predicted molar refractivity (Wildman–Crippen MR) is 150 cm³/mol. The summed E-state index contributed by atoms with van der Waals surface area (Å²) in [5.74, 6) is 0.00985. The molecule has 0 bridgehead atoms. The third kappa shape index (κ3) is 6.84. The molecule has 36 heavy (non-hydrogen) atoms. The molecule has 0 aliphatic heterocycles. The van der Waals surface area contributed by atoms with Crippen LogP contribution in [-0.4, -0.2) is 0 Å². The summed E-state index contributed by atoms with van der Waals surface area (Å²) in [4.78, 5) is 0. The van der Waals surface area contributed by atoms with E-state index < -0.39 is 11.6 Å². The average molecular weight is 489 g/mol. The first-order valence-electron chi connectivity index (χ1n) is 14.2. The van der Waals surface area contributed by atoms with E-state index >= 15 is 0 Å². The Morgan fingerprint density at radius 3 is 2.22 bits per heavy atom. The van der Waals surface area contributed by atoms with E-state index in [9.17, 15) is 8.78 Å². The van der Waals surface area contributed by atoms with Crippen LogP contribution >= 0.6 is 0 Å². The highest BCUT2D eigenvalue weighted by molar-refractivity contribution is 5.84. The summed E-state index contributed by atoms with van der Waals surface area (Å²) in [5, 5.41) is 1.20. The second kappa shape index (κ2) is 13.2. The van der Waals surface area contributed by atoms with Crippen LogP contribution in [0.3, 0.4) is 0 Å². The lowest BCUT2D eigenvalue weighted by atomic mass is 9.78. The highest BCUT2D eigenvalue weighted by Gasteiger charge is 2.21. The predicted octanol–water partition coefficient (Wildman–Crippen LogP) is 10.3. The van der Waals surface area contributed by atoms with Gasteiger partial charge in [-0.15, -0.1) is 0 Å². The summed E-state index contributed by atoms with van der Waals surface area (Å²) >= 11 is 0. The third-order valence-corrected chi connectivity index (χ3v) is 8.00. The third-order valence-electron chi connectivity index (χ3n) is 8.00. The lowest BCUT2D eigenvalue weighted by Crippen LogP contribution is -2.11. The standard InChI is InChI=1S/C34H42F2/c1-3-5-7-9-25-11-17-28(18-12-25)29-19-13-26(14-20-29)15-22-31-24-30-21-16-27(10-8-6-4-2)23-32(30)34(36)33(31)35/h7,9,13-14,16,19-21,23-25,28H,3-6,8,10-12,15,17-18,22H2,1-2H3/b9-7+. The van der Waals surface area contributed by atoms with Gasteiger partial charge in [-0.1, -0.05) is 81.7 Å². The number of allylic oxidation sites excluding steroid dienone is 2. The zero-order chi connectivity index (χ0) is 25.3. The summed E-state index contributed by atoms with van der Waals surface area (Å²) in [7, 11) is 0. The Morgan fingerprint density at radius 2 is 1.50 bits per heavy atom. The molecule has 0 heterocycles. The molecule has 0 aromatic heterocycles. The minimum absolute atomic E-state index is 0.408. The molecule has 3 aromatic rings. The molecule has 0 atom stereocenters. The van der Waals surface area contributed by atoms with E-state index in [1.54, 1.807) is 0 Å². The summed E-state index contributed by atoms with van der Waals surface area (Å²) < 4.78 is 29.9. The molecule has 0 radical (unpaired) electrons. The van der Waals surface area contributed by atoms with Crippen molar-refractivity contribution < 1.29 is 8.78 Å². The SMILES string of the molecule is CCC/C=C/C1CCC(c2ccc(CCc3cc4ccc(CCCCC)cc4c(F)c3F)cc2)CC1. The van der Waals surface area contributed by atoms with Gasteiger partial charge in [-0.2, -0.15) is 0 Å². The molecule has 1 aliphatic rings. The molecule has 0 amide bonds. The van der Waals surface area contributed by atoms with Crippen molar-refractivity contribution in [2.24, 2.45) is 5.92 Å². The van der Waals surface area contributed by atoms with Gasteiger partial charge in [0.2, 0.25) is 0 Å². The maximum absolute atomic E-state index is 14.9. The number of aryl methyl sites for hydroxylation is 3. The van der Waals surface area contributed by atoms with Gasteiger partial charge < -0.3 is 0 Å². The van der Waals surface area contributed by atoms with Crippen molar-refractivity contribution in [3.8, 4) is 0 Å². The van der Waals surface area contributed by atoms with Gasteiger partial charge >= 0.3 is 0 Å². The number of benzene rings is 3. The van der Waals surface area contributed by atoms with Crippen LogP contribution in [0.4, 0.5) is 8.78 Å². The van der Waals surface area contributed by atoms with Crippen LogP contribution in [0.2, 0.25) is 0 Å². The van der Waals surface area contributed by atoms with Gasteiger partial charge in [0.05, 0.1) is 0 Å². The number of rotatable bonds is 11. The number of hydrogen-bond donors (Lipinski definition) is 0. The second-order valence-corrected chi connectivity index (χ2v) is 10.7. The Balaban J connectivity index is 1.35. The van der Waals surface area contributed by atoms with E-state index in [0.717, 1.165) is 42.6 Å². The van der Waals surface area contributed by atoms with Crippen molar-refractivity contribution in [1.29, 1.82) is 0 Å². The number of unbranched alkanes of at least 4 members (excludes halogenated alkanes) is 3. The van der Waals surface area contributed by atoms with Gasteiger partial charge in [0, 0.05) is 5.39 Å². The van der Waals surface area contributed by atoms with E-state index in [0.29, 0.717) is 29.7 Å². The first-order chi connectivity index (χ1) is 17.6. The molecular formula is C34H42F2. The second-order valence-electron chi connectivity index (χ2n) is 10.7. The summed E-state index contributed by atoms with van der Waals surface area (Å²) in [5.41, 5.74) is 4.16. The number of hydrogen-bond acceptors (Lipinski definition) is 0. The number of halogens is 2. The lowest BCUT2D eigenvalue weighted by Gasteiger charge is -2.27. The van der Waals surface area contributed by atoms with Crippen molar-refractivity contribution in [2.75, 3.05) is 0 Å². The monoisotopic (exact) mass is 488 g/mol. The van der Waals surface area contributed by atoms with E-state index in [-0.39, 0.29) is 0 Å². The largest absolute Gasteiger partial charge is 0.203 e. The smallest absolute Gasteiger partial charge is 0.166 e. The highest BCUT2D eigenvalue weighted by atomic mass is 19.2. The molecule has 0 unspecified atom stereocenters. The zero-order valence-electron chi connectivity index (χ0n) is 22.2. The van der Waals surface area contributed by atoms with Gasteiger partial charge in [0.15, 0.2) is 11.6 Å². The summed E-state index contributed by atoms with van der Waals surface area (Å²) in [6, 6.07) is 16.6. The van der Waals surface area contributed by atoms with Gasteiger partial charge in [-0.3, -0.25) is 0 Å². The molecule has 4 rings (SSSR count). The van der Waals surface area contributed by atoms with Gasteiger partial charge in [-0.05, 0) is 109 Å². The van der Waals surface area contributed by atoms with E-state index in [4.69, 9.17) is 0 Å². The van der Waals surface area contributed by atoms with Crippen LogP contribution in [0.1, 0.15) is 99.8 Å². The molecule has 2 heteroatoms. The van der Waals surface area contributed by atoms with Crippen molar-refractivity contribution >= 4 is 10.8 Å². The van der Waals surface area contributed by atoms with Crippen molar-refractivity contribution in [2.45, 2.75) is 96.8 Å². The Bertz CT molecular complexity index is 1130. The van der Waals surface area contributed by atoms with Crippen molar-refractivity contribution in [3.05, 3.63) is 94.6 Å². The van der Waals surface area contributed by atoms with Crippen molar-refractivity contribution in [1.82, 2.24) is 0 Å². The first-order valence-corrected chi connectivity index (χ1v) is 14.2. The Hall–Kier alpha value is -2.48. The molecule has 0 spiro atoms. The van der Waals surface area contributed by atoms with Crippen LogP contribution < -0.4 is 0 Å². The Morgan fingerprint density at radius 1 is 0.750 bits per heavy atom. The van der Waals surface area contributed by atoms with Crippen molar-refractivity contribution in [3.63, 3.8) is 0 Å². The molecule has 0 nitrogen and oxygen atoms in total. The quantitative estimate of drug-likeness (QED) is 0.186. The summed E-state index contributed by atoms with van der Waals surface area (Å²) in [6.45, 7) is 4.40. The van der Waals surface area contributed by atoms with Gasteiger partial charge in [0.1, 0.15) is 0 Å². The maximum atomic E-state index is 14.9. The zero-order valence-corrected chi connectivity index (χ0v) is 22.2.